The van der Waals surface area contributed by atoms with E-state index in [-0.39, 0.29) is 0 Å². The van der Waals surface area contributed by atoms with Gasteiger partial charge in [-0.3, -0.25) is 0 Å². The molecule has 2 aromatic carbocycles. The van der Waals surface area contributed by atoms with Crippen molar-refractivity contribution in [2.45, 2.75) is 6.32 Å². The highest BCUT2D eigenvalue weighted by atomic mass is 79.9. The van der Waals surface area contributed by atoms with Gasteiger partial charge in [-0.1, -0.05) is 64.2 Å². The van der Waals surface area contributed by atoms with Crippen molar-refractivity contribution in [2.75, 3.05) is 0 Å². The van der Waals surface area contributed by atoms with Gasteiger partial charge in [-0.05, 0) is 23.3 Å². The standard InChI is InChI=1S/C13H12BBr/c14-9-10-3-1-4-11(7-10)12-5-2-6-13(15)8-12/h1-8H,9,14H2. The summed E-state index contributed by atoms with van der Waals surface area (Å²) in [6.07, 6.45) is 1.09. The second-order valence-electron chi connectivity index (χ2n) is 3.56. The van der Waals surface area contributed by atoms with Gasteiger partial charge in [0, 0.05) is 4.47 Å². The van der Waals surface area contributed by atoms with E-state index in [4.69, 9.17) is 0 Å². The highest BCUT2D eigenvalue weighted by Gasteiger charge is 1.98. The van der Waals surface area contributed by atoms with E-state index in [0.29, 0.717) is 0 Å². The van der Waals surface area contributed by atoms with E-state index < -0.39 is 0 Å². The fraction of sp³-hybridized carbons (Fsp3) is 0.0769. The van der Waals surface area contributed by atoms with E-state index in [1.807, 2.05) is 6.07 Å². The van der Waals surface area contributed by atoms with Gasteiger partial charge in [0.2, 0.25) is 0 Å². The molecule has 2 rings (SSSR count). The third kappa shape index (κ3) is 2.51. The van der Waals surface area contributed by atoms with Crippen molar-refractivity contribution in [2.24, 2.45) is 0 Å². The summed E-state index contributed by atoms with van der Waals surface area (Å²) in [5.74, 6) is 0. The van der Waals surface area contributed by atoms with Crippen molar-refractivity contribution in [3.63, 3.8) is 0 Å². The Morgan fingerprint density at radius 1 is 0.933 bits per heavy atom. The van der Waals surface area contributed by atoms with Crippen LogP contribution >= 0.6 is 15.9 Å². The van der Waals surface area contributed by atoms with Gasteiger partial charge in [0.15, 0.2) is 0 Å². The Hall–Kier alpha value is -1.02. The molecule has 0 aliphatic carbocycles. The van der Waals surface area contributed by atoms with Gasteiger partial charge in [-0.15, -0.1) is 0 Å². The zero-order valence-corrected chi connectivity index (χ0v) is 10.3. The normalized spacial score (nSPS) is 10.2. The van der Waals surface area contributed by atoms with Crippen molar-refractivity contribution < 1.29 is 0 Å². The topological polar surface area (TPSA) is 0 Å². The summed E-state index contributed by atoms with van der Waals surface area (Å²) in [5.41, 5.74) is 3.93. The van der Waals surface area contributed by atoms with E-state index in [1.165, 1.54) is 16.7 Å². The van der Waals surface area contributed by atoms with Crippen LogP contribution in [0.4, 0.5) is 0 Å². The van der Waals surface area contributed by atoms with Crippen LogP contribution in [0.15, 0.2) is 53.0 Å². The molecule has 0 radical (unpaired) electrons. The summed E-state index contributed by atoms with van der Waals surface area (Å²) in [4.78, 5) is 0. The largest absolute Gasteiger partial charge is 0.107 e. The number of rotatable bonds is 2. The summed E-state index contributed by atoms with van der Waals surface area (Å²) in [6, 6.07) is 17.1. The first kappa shape index (κ1) is 10.5. The van der Waals surface area contributed by atoms with Crippen LogP contribution in [0.5, 0.6) is 0 Å². The summed E-state index contributed by atoms with van der Waals surface area (Å²) < 4.78 is 1.13. The van der Waals surface area contributed by atoms with Gasteiger partial charge in [0.25, 0.3) is 0 Å². The van der Waals surface area contributed by atoms with E-state index >= 15 is 0 Å². The molecule has 0 atom stereocenters. The molecule has 0 unspecified atom stereocenters. The average Bonchev–Trinajstić information content (AvgIpc) is 2.29. The molecule has 0 N–H and O–H groups in total. The fourth-order valence-corrected chi connectivity index (χ4v) is 2.04. The Morgan fingerprint density at radius 2 is 1.60 bits per heavy atom. The zero-order chi connectivity index (χ0) is 10.7. The lowest BCUT2D eigenvalue weighted by Crippen LogP contribution is -1.84. The van der Waals surface area contributed by atoms with Crippen LogP contribution in [-0.2, 0) is 6.32 Å². The first-order valence-corrected chi connectivity index (χ1v) is 5.94. The molecule has 0 aromatic heterocycles. The van der Waals surface area contributed by atoms with Crippen molar-refractivity contribution in [1.29, 1.82) is 0 Å². The van der Waals surface area contributed by atoms with Crippen molar-refractivity contribution in [1.82, 2.24) is 0 Å². The third-order valence-corrected chi connectivity index (χ3v) is 2.99. The summed E-state index contributed by atoms with van der Waals surface area (Å²) >= 11 is 3.50. The lowest BCUT2D eigenvalue weighted by atomic mass is 9.94. The van der Waals surface area contributed by atoms with Crippen molar-refractivity contribution in [3.05, 3.63) is 58.6 Å². The number of hydrogen-bond donors (Lipinski definition) is 0. The van der Waals surface area contributed by atoms with Gasteiger partial charge in [0.05, 0.1) is 0 Å². The van der Waals surface area contributed by atoms with Gasteiger partial charge >= 0.3 is 0 Å². The number of benzene rings is 2. The lowest BCUT2D eigenvalue weighted by molar-refractivity contribution is 1.40. The van der Waals surface area contributed by atoms with Crippen molar-refractivity contribution in [3.8, 4) is 11.1 Å². The summed E-state index contributed by atoms with van der Waals surface area (Å²) in [5, 5.41) is 0. The van der Waals surface area contributed by atoms with Gasteiger partial charge in [-0.25, -0.2) is 0 Å². The van der Waals surface area contributed by atoms with Gasteiger partial charge < -0.3 is 0 Å². The molecule has 2 aromatic rings. The molecule has 0 fully saturated rings. The maximum absolute atomic E-state index is 3.50. The molecule has 0 nitrogen and oxygen atoms in total. The van der Waals surface area contributed by atoms with E-state index in [0.717, 1.165) is 10.8 Å². The van der Waals surface area contributed by atoms with Crippen molar-refractivity contribution >= 4 is 23.8 Å². The molecular weight excluding hydrogens is 247 g/mol. The van der Waals surface area contributed by atoms with Gasteiger partial charge in [-0.2, -0.15) is 0 Å². The Bertz CT molecular complexity index is 466. The number of halogens is 1. The Balaban J connectivity index is 2.44. The second kappa shape index (κ2) is 4.67. The van der Waals surface area contributed by atoms with Crippen LogP contribution in [0.25, 0.3) is 11.1 Å². The van der Waals surface area contributed by atoms with E-state index in [9.17, 15) is 0 Å². The minimum absolute atomic E-state index is 1.09. The predicted octanol–water partition coefficient (Wildman–Crippen LogP) is 3.25. The molecule has 0 saturated heterocycles. The van der Waals surface area contributed by atoms with Crippen LogP contribution < -0.4 is 0 Å². The minimum Gasteiger partial charge on any atom is -0.0614 e. The molecule has 0 aliphatic heterocycles. The molecule has 0 aliphatic rings. The molecular formula is C13H12BBr. The van der Waals surface area contributed by atoms with E-state index in [2.05, 4.69) is 66.2 Å². The Labute approximate surface area is 99.9 Å². The second-order valence-corrected chi connectivity index (χ2v) is 4.48. The highest BCUT2D eigenvalue weighted by Crippen LogP contribution is 2.23. The average molecular weight is 259 g/mol. The quantitative estimate of drug-likeness (QED) is 0.726. The van der Waals surface area contributed by atoms with Gasteiger partial charge in [0.1, 0.15) is 7.85 Å². The van der Waals surface area contributed by atoms with Crippen LogP contribution in [0, 0.1) is 0 Å². The molecule has 0 bridgehead atoms. The first-order chi connectivity index (χ1) is 7.29. The SMILES string of the molecule is BCc1cccc(-c2cccc(Br)c2)c1. The summed E-state index contributed by atoms with van der Waals surface area (Å²) in [7, 11) is 2.18. The third-order valence-electron chi connectivity index (χ3n) is 2.49. The fourth-order valence-electron chi connectivity index (χ4n) is 1.64. The molecule has 0 spiro atoms. The van der Waals surface area contributed by atoms with Crippen LogP contribution in [-0.4, -0.2) is 7.85 Å². The maximum Gasteiger partial charge on any atom is 0.107 e. The Kier molecular flexibility index (Phi) is 3.27. The van der Waals surface area contributed by atoms with Crippen LogP contribution in [0.2, 0.25) is 0 Å². The lowest BCUT2D eigenvalue weighted by Gasteiger charge is -2.04. The van der Waals surface area contributed by atoms with E-state index in [1.54, 1.807) is 0 Å². The first-order valence-electron chi connectivity index (χ1n) is 5.14. The molecule has 2 heteroatoms. The summed E-state index contributed by atoms with van der Waals surface area (Å²) in [6.45, 7) is 0. The molecule has 74 valence electrons. The molecule has 0 saturated carbocycles. The predicted molar refractivity (Wildman–Crippen MR) is 71.8 cm³/mol. The minimum atomic E-state index is 1.09. The van der Waals surface area contributed by atoms with Crippen LogP contribution in [0.1, 0.15) is 5.56 Å². The molecule has 0 amide bonds. The molecule has 15 heavy (non-hydrogen) atoms. The molecule has 0 heterocycles. The number of hydrogen-bond acceptors (Lipinski definition) is 0. The zero-order valence-electron chi connectivity index (χ0n) is 8.70. The maximum atomic E-state index is 3.50. The monoisotopic (exact) mass is 258 g/mol. The van der Waals surface area contributed by atoms with Crippen LogP contribution in [0.3, 0.4) is 0 Å². The Morgan fingerprint density at radius 3 is 2.27 bits per heavy atom. The smallest absolute Gasteiger partial charge is 0.0614 e. The highest BCUT2D eigenvalue weighted by molar-refractivity contribution is 9.10.